The standard InChI is InChI=1S/C18H20F5N5/c19-10-1-4-14(20)13(7-10)12-3-2-11(8-15(12)24)27-5-6-28-16(9-27)25-26-17(28)18(21,22)23/h1,4,7,11-12,15H,2-3,5-6,8-9,24H2/t11?,12?,15-/m0/s1. The highest BCUT2D eigenvalue weighted by Gasteiger charge is 2.41. The van der Waals surface area contributed by atoms with Crippen LogP contribution in [0.4, 0.5) is 22.0 Å². The number of hydrogen-bond acceptors (Lipinski definition) is 4. The predicted molar refractivity (Wildman–Crippen MR) is 90.1 cm³/mol. The van der Waals surface area contributed by atoms with Crippen molar-refractivity contribution in [1.82, 2.24) is 19.7 Å². The Morgan fingerprint density at radius 3 is 2.57 bits per heavy atom. The van der Waals surface area contributed by atoms with E-state index in [1.165, 1.54) is 6.07 Å². The molecule has 2 N–H and O–H groups in total. The van der Waals surface area contributed by atoms with Crippen molar-refractivity contribution in [3.05, 3.63) is 47.0 Å². The molecule has 28 heavy (non-hydrogen) atoms. The molecule has 152 valence electrons. The smallest absolute Gasteiger partial charge is 0.327 e. The molecule has 1 fully saturated rings. The van der Waals surface area contributed by atoms with E-state index < -0.39 is 23.6 Å². The van der Waals surface area contributed by atoms with Gasteiger partial charge in [-0.05, 0) is 43.0 Å². The van der Waals surface area contributed by atoms with E-state index in [1.807, 2.05) is 0 Å². The van der Waals surface area contributed by atoms with Crippen LogP contribution < -0.4 is 5.73 Å². The van der Waals surface area contributed by atoms with Gasteiger partial charge in [-0.15, -0.1) is 10.2 Å². The van der Waals surface area contributed by atoms with Gasteiger partial charge in [0.15, 0.2) is 0 Å². The lowest BCUT2D eigenvalue weighted by molar-refractivity contribution is -0.148. The van der Waals surface area contributed by atoms with Gasteiger partial charge < -0.3 is 10.3 Å². The Morgan fingerprint density at radius 1 is 1.07 bits per heavy atom. The van der Waals surface area contributed by atoms with E-state index in [0.29, 0.717) is 31.4 Å². The van der Waals surface area contributed by atoms with Gasteiger partial charge in [0.2, 0.25) is 5.82 Å². The first kappa shape index (κ1) is 19.3. The first-order valence-corrected chi connectivity index (χ1v) is 9.18. The number of benzene rings is 1. The average Bonchev–Trinajstić information content (AvgIpc) is 3.07. The number of hydrogen-bond donors (Lipinski definition) is 1. The predicted octanol–water partition coefficient (Wildman–Crippen LogP) is 3.05. The summed E-state index contributed by atoms with van der Waals surface area (Å²) >= 11 is 0. The third kappa shape index (κ3) is 3.50. The lowest BCUT2D eigenvalue weighted by atomic mass is 9.77. The molecule has 0 saturated heterocycles. The Labute approximate surface area is 158 Å². The van der Waals surface area contributed by atoms with Crippen molar-refractivity contribution in [2.45, 2.75) is 56.5 Å². The number of nitrogens with zero attached hydrogens (tertiary/aromatic N) is 4. The van der Waals surface area contributed by atoms with Gasteiger partial charge >= 0.3 is 6.18 Å². The van der Waals surface area contributed by atoms with Gasteiger partial charge in [0, 0.05) is 31.1 Å². The summed E-state index contributed by atoms with van der Waals surface area (Å²) in [5.41, 5.74) is 6.58. The molecule has 1 saturated carbocycles. The maximum Gasteiger partial charge on any atom is 0.451 e. The van der Waals surface area contributed by atoms with Crippen molar-refractivity contribution in [2.75, 3.05) is 6.54 Å². The molecule has 1 aromatic heterocycles. The molecule has 5 nitrogen and oxygen atoms in total. The quantitative estimate of drug-likeness (QED) is 0.786. The average molecular weight is 401 g/mol. The first-order chi connectivity index (χ1) is 13.2. The second kappa shape index (κ2) is 7.07. The molecule has 0 amide bonds. The molecule has 2 aliphatic rings. The lowest BCUT2D eigenvalue weighted by Gasteiger charge is -2.41. The van der Waals surface area contributed by atoms with Crippen LogP contribution >= 0.6 is 0 Å². The van der Waals surface area contributed by atoms with Crippen LogP contribution in [0.15, 0.2) is 18.2 Å². The lowest BCUT2D eigenvalue weighted by Crippen LogP contribution is -2.48. The van der Waals surface area contributed by atoms with Gasteiger partial charge in [-0.2, -0.15) is 13.2 Å². The van der Waals surface area contributed by atoms with Crippen molar-refractivity contribution < 1.29 is 22.0 Å². The Morgan fingerprint density at radius 2 is 1.86 bits per heavy atom. The maximum atomic E-state index is 14.1. The van der Waals surface area contributed by atoms with Crippen molar-refractivity contribution >= 4 is 0 Å². The molecule has 1 aromatic carbocycles. The second-order valence-electron chi connectivity index (χ2n) is 7.46. The number of alkyl halides is 3. The van der Waals surface area contributed by atoms with Gasteiger partial charge in [-0.1, -0.05) is 0 Å². The molecular formula is C18H20F5N5. The minimum absolute atomic E-state index is 0.0580. The van der Waals surface area contributed by atoms with E-state index in [2.05, 4.69) is 15.1 Å². The first-order valence-electron chi connectivity index (χ1n) is 9.18. The van der Waals surface area contributed by atoms with Crippen molar-refractivity contribution in [2.24, 2.45) is 5.73 Å². The molecule has 3 atom stereocenters. The minimum Gasteiger partial charge on any atom is -0.327 e. The van der Waals surface area contributed by atoms with Gasteiger partial charge in [0.1, 0.15) is 17.5 Å². The zero-order valence-electron chi connectivity index (χ0n) is 15.0. The van der Waals surface area contributed by atoms with E-state index in [-0.39, 0.29) is 36.9 Å². The van der Waals surface area contributed by atoms with Crippen molar-refractivity contribution in [3.8, 4) is 0 Å². The van der Waals surface area contributed by atoms with E-state index in [0.717, 1.165) is 16.7 Å². The van der Waals surface area contributed by atoms with Gasteiger partial charge in [0.05, 0.1) is 6.54 Å². The fourth-order valence-electron chi connectivity index (χ4n) is 4.40. The zero-order valence-corrected chi connectivity index (χ0v) is 15.0. The summed E-state index contributed by atoms with van der Waals surface area (Å²) in [7, 11) is 0. The number of aromatic nitrogens is 3. The third-order valence-electron chi connectivity index (χ3n) is 5.78. The van der Waals surface area contributed by atoms with Crippen LogP contribution in [0.5, 0.6) is 0 Å². The summed E-state index contributed by atoms with van der Waals surface area (Å²) < 4.78 is 67.6. The maximum absolute atomic E-state index is 14.1. The molecule has 4 rings (SSSR count). The molecule has 2 heterocycles. The Hall–Kier alpha value is -2.07. The summed E-state index contributed by atoms with van der Waals surface area (Å²) in [5, 5.41) is 6.99. The van der Waals surface area contributed by atoms with Gasteiger partial charge in [-0.3, -0.25) is 4.90 Å². The fourth-order valence-corrected chi connectivity index (χ4v) is 4.40. The number of nitrogens with two attached hydrogens (primary N) is 1. The van der Waals surface area contributed by atoms with Gasteiger partial charge in [0.25, 0.3) is 0 Å². The third-order valence-corrected chi connectivity index (χ3v) is 5.78. The van der Waals surface area contributed by atoms with Crippen molar-refractivity contribution in [3.63, 3.8) is 0 Å². The van der Waals surface area contributed by atoms with Gasteiger partial charge in [-0.25, -0.2) is 8.78 Å². The Balaban J connectivity index is 1.45. The van der Waals surface area contributed by atoms with Crippen LogP contribution in [-0.4, -0.2) is 38.3 Å². The van der Waals surface area contributed by atoms with Crippen LogP contribution in [0, 0.1) is 11.6 Å². The molecule has 1 aliphatic carbocycles. The zero-order chi connectivity index (χ0) is 20.1. The van der Waals surface area contributed by atoms with Crippen LogP contribution in [-0.2, 0) is 19.3 Å². The topological polar surface area (TPSA) is 60.0 Å². The second-order valence-corrected chi connectivity index (χ2v) is 7.46. The van der Waals surface area contributed by atoms with E-state index >= 15 is 0 Å². The number of fused-ring (bicyclic) bond motifs is 1. The highest BCUT2D eigenvalue weighted by atomic mass is 19.4. The molecule has 0 radical (unpaired) electrons. The molecule has 0 bridgehead atoms. The highest BCUT2D eigenvalue weighted by molar-refractivity contribution is 5.25. The van der Waals surface area contributed by atoms with Crippen molar-refractivity contribution in [1.29, 1.82) is 0 Å². The molecule has 2 aromatic rings. The SMILES string of the molecule is N[C@H]1CC(N2CCn3c(nnc3C(F)(F)F)C2)CCC1c1cc(F)ccc1F. The summed E-state index contributed by atoms with van der Waals surface area (Å²) in [6.45, 7) is 0.856. The summed E-state index contributed by atoms with van der Waals surface area (Å²) in [4.78, 5) is 2.06. The molecule has 10 heteroatoms. The largest absolute Gasteiger partial charge is 0.451 e. The summed E-state index contributed by atoms with van der Waals surface area (Å²) in [6.07, 6.45) is -2.68. The monoisotopic (exact) mass is 401 g/mol. The molecule has 0 spiro atoms. The van der Waals surface area contributed by atoms with E-state index in [4.69, 9.17) is 5.73 Å². The van der Waals surface area contributed by atoms with E-state index in [1.54, 1.807) is 0 Å². The number of rotatable bonds is 2. The van der Waals surface area contributed by atoms with Crippen LogP contribution in [0.2, 0.25) is 0 Å². The summed E-state index contributed by atoms with van der Waals surface area (Å²) in [5.74, 6) is -1.93. The van der Waals surface area contributed by atoms with E-state index in [9.17, 15) is 22.0 Å². The van der Waals surface area contributed by atoms with Crippen LogP contribution in [0.1, 0.15) is 42.4 Å². The molecular weight excluding hydrogens is 381 g/mol. The fraction of sp³-hybridized carbons (Fsp3) is 0.556. The van der Waals surface area contributed by atoms with Crippen LogP contribution in [0.3, 0.4) is 0 Å². The minimum atomic E-state index is -4.52. The summed E-state index contributed by atoms with van der Waals surface area (Å²) in [6, 6.07) is 3.08. The molecule has 2 unspecified atom stereocenters. The highest BCUT2D eigenvalue weighted by Crippen LogP contribution is 2.37. The normalized spacial score (nSPS) is 26.3. The molecule has 1 aliphatic heterocycles. The number of halogens is 5. The Bertz CT molecular complexity index is 865. The Kier molecular flexibility index (Phi) is 4.86. The van der Waals surface area contributed by atoms with Crippen LogP contribution in [0.25, 0.3) is 0 Å².